The first-order valence-electron chi connectivity index (χ1n) is 20.9. The van der Waals surface area contributed by atoms with E-state index in [-0.39, 0.29) is 6.54 Å². The van der Waals surface area contributed by atoms with E-state index < -0.39 is 12.0 Å². The van der Waals surface area contributed by atoms with Gasteiger partial charge < -0.3 is 27.9 Å². The zero-order chi connectivity index (χ0) is 44.3. The lowest BCUT2D eigenvalue weighted by molar-refractivity contribution is -0.147. The molecule has 0 bridgehead atoms. The molecule has 0 saturated heterocycles. The molecule has 4 aromatic carbocycles. The Morgan fingerprint density at radius 1 is 0.565 bits per heavy atom. The van der Waals surface area contributed by atoms with Gasteiger partial charge in [0.15, 0.2) is 0 Å². The lowest BCUT2D eigenvalue weighted by Gasteiger charge is -2.10. The smallest absolute Gasteiger partial charge is 0.449 e. The molecule has 0 saturated carbocycles. The topological polar surface area (TPSA) is 104 Å². The van der Waals surface area contributed by atoms with Crippen molar-refractivity contribution >= 4 is 43.8 Å². The number of hydrogen-bond acceptors (Lipinski definition) is 8. The molecule has 4 aromatic heterocycles. The highest BCUT2D eigenvalue weighted by molar-refractivity contribution is 5.83. The highest BCUT2D eigenvalue weighted by Gasteiger charge is 2.37. The van der Waals surface area contributed by atoms with Gasteiger partial charge in [-0.3, -0.25) is 9.36 Å². The van der Waals surface area contributed by atoms with Gasteiger partial charge in [-0.2, -0.15) is 23.4 Å². The standard InChI is InChI=1S/C12H13F3N2O.2C12H16N2O.C12H14O2/c1-18-8-4-7-17-10-6-3-2-5-9(10)16-11(17)12(13,14)15;1-14-12-8-4-3-6-10(12)11(13-14)7-5-9-15-2;1-14-12(8-5-9-15-2)10-6-3-4-7-11(10)13-14;1-13-8-4-5-10-9-14-12-7-3-2-6-11(10)12/h2-3,5-6H,4,7-8H2,1H3;3-4,6,8H,5,7,9H2,1-2H3;3-4,6-7H,5,8-9H2,1-2H3;2-3,6-7,9H,4-5,8H2,1H3. The van der Waals surface area contributed by atoms with Crippen molar-refractivity contribution < 1.29 is 36.5 Å². The normalized spacial score (nSPS) is 11.4. The maximum atomic E-state index is 12.9. The first-order chi connectivity index (χ1) is 30.1. The molecule has 332 valence electrons. The largest absolute Gasteiger partial charge is 0.464 e. The van der Waals surface area contributed by atoms with Crippen molar-refractivity contribution in [2.75, 3.05) is 54.9 Å². The number of aromatic nitrogens is 6. The molecule has 0 spiro atoms. The number of hydrogen-bond donors (Lipinski definition) is 0. The van der Waals surface area contributed by atoms with E-state index >= 15 is 0 Å². The molecule has 4 heterocycles. The van der Waals surface area contributed by atoms with E-state index in [0.29, 0.717) is 24.1 Å². The molecule has 8 aromatic rings. The highest BCUT2D eigenvalue weighted by atomic mass is 19.4. The number of alkyl halides is 3. The van der Waals surface area contributed by atoms with Crippen molar-refractivity contribution in [2.45, 2.75) is 57.7 Å². The number of benzene rings is 4. The van der Waals surface area contributed by atoms with Crippen molar-refractivity contribution in [2.24, 2.45) is 14.1 Å². The Morgan fingerprint density at radius 3 is 1.79 bits per heavy atom. The summed E-state index contributed by atoms with van der Waals surface area (Å²) < 4.78 is 69.2. The minimum absolute atomic E-state index is 0.239. The molecule has 11 nitrogen and oxygen atoms in total. The van der Waals surface area contributed by atoms with Gasteiger partial charge in [-0.25, -0.2) is 4.98 Å². The summed E-state index contributed by atoms with van der Waals surface area (Å²) in [4.78, 5) is 3.66. The average Bonchev–Trinajstić information content (AvgIpc) is 4.04. The van der Waals surface area contributed by atoms with Crippen LogP contribution in [0, 0.1) is 0 Å². The number of para-hydroxylation sites is 4. The van der Waals surface area contributed by atoms with Crippen molar-refractivity contribution in [3.8, 4) is 0 Å². The number of rotatable bonds is 16. The minimum atomic E-state index is -4.44. The molecule has 14 heteroatoms. The van der Waals surface area contributed by atoms with E-state index in [1.807, 2.05) is 60.1 Å². The van der Waals surface area contributed by atoms with Gasteiger partial charge in [0.1, 0.15) is 5.58 Å². The number of halogens is 3. The Morgan fingerprint density at radius 2 is 1.11 bits per heavy atom. The molecule has 0 aliphatic carbocycles. The van der Waals surface area contributed by atoms with Crippen LogP contribution in [0.25, 0.3) is 43.8 Å². The van der Waals surface area contributed by atoms with Gasteiger partial charge in [0.2, 0.25) is 5.82 Å². The second-order valence-corrected chi connectivity index (χ2v) is 14.6. The van der Waals surface area contributed by atoms with Crippen molar-refractivity contribution in [3.63, 3.8) is 0 Å². The van der Waals surface area contributed by atoms with Crippen LogP contribution in [-0.2, 0) is 65.0 Å². The third kappa shape index (κ3) is 13.0. The number of methoxy groups -OCH3 is 4. The van der Waals surface area contributed by atoms with E-state index in [1.165, 1.54) is 50.3 Å². The van der Waals surface area contributed by atoms with Gasteiger partial charge in [-0.05, 0) is 80.8 Å². The summed E-state index contributed by atoms with van der Waals surface area (Å²) in [5, 5.41) is 12.7. The van der Waals surface area contributed by atoms with Gasteiger partial charge in [-0.15, -0.1) is 0 Å². The zero-order valence-corrected chi connectivity index (χ0v) is 36.7. The maximum Gasteiger partial charge on any atom is 0.449 e. The molecule has 8 rings (SSSR count). The molecule has 0 amide bonds. The van der Waals surface area contributed by atoms with Crippen LogP contribution in [0.5, 0.6) is 0 Å². The molecule has 0 unspecified atom stereocenters. The third-order valence-electron chi connectivity index (χ3n) is 10.2. The average molecular weight is 857 g/mol. The second kappa shape index (κ2) is 24.2. The fraction of sp³-hybridized carbons (Fsp3) is 0.396. The Bertz CT molecular complexity index is 2530. The number of nitrogens with zero attached hydrogens (tertiary/aromatic N) is 6. The minimum Gasteiger partial charge on any atom is -0.464 e. The summed E-state index contributed by atoms with van der Waals surface area (Å²) in [6.07, 6.45) is 4.05. The quantitative estimate of drug-likeness (QED) is 0.0885. The molecular formula is C48H59F3N6O5. The Hall–Kier alpha value is -5.54. The fourth-order valence-corrected chi connectivity index (χ4v) is 7.26. The van der Waals surface area contributed by atoms with Crippen LogP contribution < -0.4 is 0 Å². The van der Waals surface area contributed by atoms with Gasteiger partial charge >= 0.3 is 6.18 Å². The zero-order valence-electron chi connectivity index (χ0n) is 36.7. The van der Waals surface area contributed by atoms with Crippen LogP contribution in [0.4, 0.5) is 13.2 Å². The van der Waals surface area contributed by atoms with Crippen molar-refractivity contribution in [1.82, 2.24) is 29.1 Å². The van der Waals surface area contributed by atoms with Crippen LogP contribution in [-0.4, -0.2) is 84.0 Å². The van der Waals surface area contributed by atoms with Gasteiger partial charge in [-0.1, -0.05) is 66.7 Å². The van der Waals surface area contributed by atoms with E-state index in [4.69, 9.17) is 23.4 Å². The summed E-state index contributed by atoms with van der Waals surface area (Å²) in [6.45, 7) is 3.07. The lowest BCUT2D eigenvalue weighted by Crippen LogP contribution is -2.15. The molecule has 0 atom stereocenters. The number of imidazole rings is 1. The van der Waals surface area contributed by atoms with Gasteiger partial charge in [0.05, 0.1) is 34.0 Å². The number of furan rings is 1. The van der Waals surface area contributed by atoms with Crippen LogP contribution in [0.15, 0.2) is 108 Å². The van der Waals surface area contributed by atoms with E-state index in [0.717, 1.165) is 69.4 Å². The Labute approximate surface area is 361 Å². The molecule has 0 aliphatic rings. The van der Waals surface area contributed by atoms with E-state index in [1.54, 1.807) is 45.6 Å². The molecule has 0 N–H and O–H groups in total. The summed E-state index contributed by atoms with van der Waals surface area (Å²) in [7, 11) is 10.7. The third-order valence-corrected chi connectivity index (χ3v) is 10.2. The summed E-state index contributed by atoms with van der Waals surface area (Å²) >= 11 is 0. The summed E-state index contributed by atoms with van der Waals surface area (Å²) in [6, 6.07) is 31.3. The molecule has 62 heavy (non-hydrogen) atoms. The summed E-state index contributed by atoms with van der Waals surface area (Å²) in [5.74, 6) is -0.847. The molecule has 0 aliphatic heterocycles. The Balaban J connectivity index is 0.000000157. The number of aryl methyl sites for hydroxylation is 6. The molecule has 0 radical (unpaired) electrons. The molecule has 0 fully saturated rings. The SMILES string of the molecule is COCCCc1c2ccccc2nn1C.COCCCc1coc2ccccc12.COCCCc1nn(C)c2ccccc12.COCCCn1c(C(F)(F)F)nc2ccccc21. The summed E-state index contributed by atoms with van der Waals surface area (Å²) in [5.41, 5.74) is 7.85. The Kier molecular flexibility index (Phi) is 18.5. The number of fused-ring (bicyclic) bond motifs is 4. The van der Waals surface area contributed by atoms with Gasteiger partial charge in [0, 0.05) is 97.4 Å². The van der Waals surface area contributed by atoms with Gasteiger partial charge in [0.25, 0.3) is 0 Å². The van der Waals surface area contributed by atoms with Crippen LogP contribution in [0.1, 0.15) is 48.5 Å². The first kappa shape index (κ1) is 47.5. The van der Waals surface area contributed by atoms with Crippen LogP contribution in [0.2, 0.25) is 0 Å². The second-order valence-electron chi connectivity index (χ2n) is 14.6. The van der Waals surface area contributed by atoms with Crippen LogP contribution in [0.3, 0.4) is 0 Å². The van der Waals surface area contributed by atoms with Crippen molar-refractivity contribution in [1.29, 1.82) is 0 Å². The lowest BCUT2D eigenvalue weighted by atomic mass is 10.1. The highest BCUT2D eigenvalue weighted by Crippen LogP contribution is 2.31. The first-order valence-corrected chi connectivity index (χ1v) is 20.9. The fourth-order valence-electron chi connectivity index (χ4n) is 7.26. The molecular weight excluding hydrogens is 798 g/mol. The van der Waals surface area contributed by atoms with E-state index in [9.17, 15) is 13.2 Å². The monoisotopic (exact) mass is 856 g/mol. The predicted octanol–water partition coefficient (Wildman–Crippen LogP) is 10.4. The van der Waals surface area contributed by atoms with E-state index in [2.05, 4.69) is 57.6 Å². The van der Waals surface area contributed by atoms with Crippen molar-refractivity contribution in [3.05, 3.63) is 126 Å². The number of ether oxygens (including phenoxy) is 4. The predicted molar refractivity (Wildman–Crippen MR) is 239 cm³/mol. The maximum absolute atomic E-state index is 12.9. The van der Waals surface area contributed by atoms with Crippen LogP contribution >= 0.6 is 0 Å².